The van der Waals surface area contributed by atoms with Crippen molar-refractivity contribution in [3.63, 3.8) is 0 Å². The highest BCUT2D eigenvalue weighted by Gasteiger charge is 2.25. The molecule has 1 amide bonds. The highest BCUT2D eigenvalue weighted by atomic mass is 19.1. The number of nitrogens with two attached hydrogens (primary N) is 1. The molecular formula is C20H24FN3O. The Morgan fingerprint density at radius 1 is 1.12 bits per heavy atom. The summed E-state index contributed by atoms with van der Waals surface area (Å²) in [5, 5.41) is 3.39. The Bertz CT molecular complexity index is 699. The van der Waals surface area contributed by atoms with Crippen molar-refractivity contribution < 1.29 is 9.18 Å². The molecule has 4 nitrogen and oxygen atoms in total. The van der Waals surface area contributed by atoms with Crippen LogP contribution in [0.4, 0.5) is 4.39 Å². The van der Waals surface area contributed by atoms with Crippen LogP contribution in [0.25, 0.3) is 0 Å². The van der Waals surface area contributed by atoms with Crippen LogP contribution in [0.3, 0.4) is 0 Å². The van der Waals surface area contributed by atoms with Gasteiger partial charge < -0.3 is 5.73 Å². The molecule has 1 saturated heterocycles. The van der Waals surface area contributed by atoms with Crippen LogP contribution in [0.2, 0.25) is 0 Å². The standard InChI is InChI=1S/C20H24FN3O/c21-18-9-5-4-8-16(18)14-24-12-10-17(11-13-24)23-19(20(22)25)15-6-2-1-3-7-15/h1-9,17,19,23H,10-14H2,(H2,22,25)/t19-/m0/s1. The zero-order chi connectivity index (χ0) is 17.6. The smallest absolute Gasteiger partial charge is 0.239 e. The number of amides is 1. The molecule has 2 aromatic carbocycles. The van der Waals surface area contributed by atoms with Crippen molar-refractivity contribution in [1.29, 1.82) is 0 Å². The van der Waals surface area contributed by atoms with E-state index in [4.69, 9.17) is 5.73 Å². The van der Waals surface area contributed by atoms with Crippen LogP contribution in [-0.4, -0.2) is 29.9 Å². The van der Waals surface area contributed by atoms with Gasteiger partial charge in [0.25, 0.3) is 0 Å². The molecule has 1 aliphatic heterocycles. The van der Waals surface area contributed by atoms with E-state index < -0.39 is 6.04 Å². The minimum Gasteiger partial charge on any atom is -0.368 e. The minimum atomic E-state index is -0.468. The zero-order valence-electron chi connectivity index (χ0n) is 14.2. The maximum Gasteiger partial charge on any atom is 0.239 e. The first-order valence-electron chi connectivity index (χ1n) is 8.69. The molecule has 0 spiro atoms. The topological polar surface area (TPSA) is 58.4 Å². The summed E-state index contributed by atoms with van der Waals surface area (Å²) < 4.78 is 13.8. The number of nitrogens with zero attached hydrogens (tertiary/aromatic N) is 1. The van der Waals surface area contributed by atoms with Gasteiger partial charge in [0.1, 0.15) is 11.9 Å². The van der Waals surface area contributed by atoms with Crippen LogP contribution in [0.15, 0.2) is 54.6 Å². The van der Waals surface area contributed by atoms with Crippen LogP contribution < -0.4 is 11.1 Å². The quantitative estimate of drug-likeness (QED) is 0.849. The number of piperidine rings is 1. The lowest BCUT2D eigenvalue weighted by atomic mass is 10.00. The third kappa shape index (κ3) is 4.65. The Kier molecular flexibility index (Phi) is 5.79. The lowest BCUT2D eigenvalue weighted by molar-refractivity contribution is -0.120. The molecule has 3 N–H and O–H groups in total. The maximum absolute atomic E-state index is 13.8. The number of carbonyl (C=O) groups is 1. The highest BCUT2D eigenvalue weighted by molar-refractivity contribution is 5.81. The molecule has 5 heteroatoms. The highest BCUT2D eigenvalue weighted by Crippen LogP contribution is 2.19. The summed E-state index contributed by atoms with van der Waals surface area (Å²) in [5.74, 6) is -0.513. The van der Waals surface area contributed by atoms with E-state index in [9.17, 15) is 9.18 Å². The molecule has 1 atom stereocenters. The number of halogens is 1. The third-order valence-electron chi connectivity index (χ3n) is 4.76. The average Bonchev–Trinajstić information content (AvgIpc) is 2.63. The van der Waals surface area contributed by atoms with E-state index in [2.05, 4.69) is 10.2 Å². The van der Waals surface area contributed by atoms with Crippen molar-refractivity contribution in [2.45, 2.75) is 31.5 Å². The summed E-state index contributed by atoms with van der Waals surface area (Å²) in [6, 6.07) is 16.2. The summed E-state index contributed by atoms with van der Waals surface area (Å²) >= 11 is 0. The largest absolute Gasteiger partial charge is 0.368 e. The fourth-order valence-electron chi connectivity index (χ4n) is 3.35. The van der Waals surface area contributed by atoms with Crippen molar-refractivity contribution >= 4 is 5.91 Å². The predicted molar refractivity (Wildman–Crippen MR) is 96.2 cm³/mol. The van der Waals surface area contributed by atoms with Gasteiger partial charge in [0.2, 0.25) is 5.91 Å². The zero-order valence-corrected chi connectivity index (χ0v) is 14.2. The predicted octanol–water partition coefficient (Wildman–Crippen LogP) is 2.61. The Hall–Kier alpha value is -2.24. The second kappa shape index (κ2) is 8.23. The maximum atomic E-state index is 13.8. The first-order chi connectivity index (χ1) is 12.1. The van der Waals surface area contributed by atoms with Crippen molar-refractivity contribution in [1.82, 2.24) is 10.2 Å². The van der Waals surface area contributed by atoms with E-state index in [1.165, 1.54) is 6.07 Å². The molecule has 132 valence electrons. The fraction of sp³-hybridized carbons (Fsp3) is 0.350. The van der Waals surface area contributed by atoms with Crippen LogP contribution in [0, 0.1) is 5.82 Å². The summed E-state index contributed by atoms with van der Waals surface area (Å²) in [5.41, 5.74) is 7.20. The first kappa shape index (κ1) is 17.6. The number of carbonyl (C=O) groups excluding carboxylic acids is 1. The number of benzene rings is 2. The molecule has 3 rings (SSSR count). The summed E-state index contributed by atoms with van der Waals surface area (Å²) in [7, 11) is 0. The molecule has 0 bridgehead atoms. The second-order valence-electron chi connectivity index (χ2n) is 6.55. The normalized spacial score (nSPS) is 17.3. The van der Waals surface area contributed by atoms with Crippen molar-refractivity contribution in [2.24, 2.45) is 5.73 Å². The summed E-state index contributed by atoms with van der Waals surface area (Å²) in [6.45, 7) is 2.36. The van der Waals surface area contributed by atoms with Gasteiger partial charge in [-0.2, -0.15) is 0 Å². The number of rotatable bonds is 6. The van der Waals surface area contributed by atoms with Gasteiger partial charge in [-0.25, -0.2) is 4.39 Å². The number of nitrogens with one attached hydrogen (secondary N) is 1. The van der Waals surface area contributed by atoms with E-state index in [1.807, 2.05) is 42.5 Å². The third-order valence-corrected chi connectivity index (χ3v) is 4.76. The Morgan fingerprint density at radius 2 is 1.76 bits per heavy atom. The SMILES string of the molecule is NC(=O)[C@@H](NC1CCN(Cc2ccccc2F)CC1)c1ccccc1. The lowest BCUT2D eigenvalue weighted by Crippen LogP contribution is -2.46. The van der Waals surface area contributed by atoms with Gasteiger partial charge in [0.15, 0.2) is 0 Å². The monoisotopic (exact) mass is 341 g/mol. The number of hydrogen-bond acceptors (Lipinski definition) is 3. The molecule has 0 aliphatic carbocycles. The van der Waals surface area contributed by atoms with Gasteiger partial charge in [0.05, 0.1) is 0 Å². The first-order valence-corrected chi connectivity index (χ1v) is 8.69. The fourth-order valence-corrected chi connectivity index (χ4v) is 3.35. The molecule has 1 heterocycles. The molecule has 2 aromatic rings. The summed E-state index contributed by atoms with van der Waals surface area (Å²) in [6.07, 6.45) is 1.82. The van der Waals surface area contributed by atoms with Crippen LogP contribution in [0.5, 0.6) is 0 Å². The van der Waals surface area contributed by atoms with Crippen LogP contribution in [0.1, 0.15) is 30.0 Å². The van der Waals surface area contributed by atoms with Gasteiger partial charge in [-0.1, -0.05) is 48.5 Å². The van der Waals surface area contributed by atoms with Gasteiger partial charge in [-0.15, -0.1) is 0 Å². The number of primary amides is 1. The van der Waals surface area contributed by atoms with Crippen molar-refractivity contribution in [2.75, 3.05) is 13.1 Å². The van der Waals surface area contributed by atoms with E-state index >= 15 is 0 Å². The molecule has 25 heavy (non-hydrogen) atoms. The Morgan fingerprint density at radius 3 is 2.40 bits per heavy atom. The van der Waals surface area contributed by atoms with Crippen molar-refractivity contribution in [3.8, 4) is 0 Å². The van der Waals surface area contributed by atoms with Crippen molar-refractivity contribution in [3.05, 3.63) is 71.5 Å². The number of likely N-dealkylation sites (tertiary alicyclic amines) is 1. The van der Waals surface area contributed by atoms with Gasteiger partial charge in [-0.3, -0.25) is 15.0 Å². The molecule has 0 radical (unpaired) electrons. The van der Waals surface area contributed by atoms with E-state index in [1.54, 1.807) is 6.07 Å². The van der Waals surface area contributed by atoms with Gasteiger partial charge >= 0.3 is 0 Å². The molecule has 0 unspecified atom stereocenters. The summed E-state index contributed by atoms with van der Waals surface area (Å²) in [4.78, 5) is 14.1. The van der Waals surface area contributed by atoms with Crippen LogP contribution >= 0.6 is 0 Å². The van der Waals surface area contributed by atoms with Crippen LogP contribution in [-0.2, 0) is 11.3 Å². The van der Waals surface area contributed by atoms with Gasteiger partial charge in [0, 0.05) is 18.2 Å². The average molecular weight is 341 g/mol. The Labute approximate surface area is 147 Å². The number of hydrogen-bond donors (Lipinski definition) is 2. The van der Waals surface area contributed by atoms with Gasteiger partial charge in [-0.05, 0) is 37.6 Å². The minimum absolute atomic E-state index is 0.152. The Balaban J connectivity index is 1.55. The van der Waals surface area contributed by atoms with E-state index in [0.717, 1.165) is 37.1 Å². The second-order valence-corrected chi connectivity index (χ2v) is 6.55. The molecular weight excluding hydrogens is 317 g/mol. The molecule has 1 fully saturated rings. The lowest BCUT2D eigenvalue weighted by Gasteiger charge is -2.34. The molecule has 0 saturated carbocycles. The van der Waals surface area contributed by atoms with E-state index in [0.29, 0.717) is 6.54 Å². The van der Waals surface area contributed by atoms with E-state index in [-0.39, 0.29) is 17.8 Å². The molecule has 1 aliphatic rings. The molecule has 0 aromatic heterocycles.